The zero-order valence-corrected chi connectivity index (χ0v) is 13.8. The van der Waals surface area contributed by atoms with Gasteiger partial charge < -0.3 is 14.4 Å². The molecule has 0 aromatic rings. The molecule has 120 valence electrons. The van der Waals surface area contributed by atoms with Crippen LogP contribution in [0.25, 0.3) is 0 Å². The number of carbonyl (C=O) groups is 2. The van der Waals surface area contributed by atoms with Crippen LogP contribution in [-0.4, -0.2) is 44.1 Å². The van der Waals surface area contributed by atoms with E-state index in [-0.39, 0.29) is 0 Å². The number of rotatable bonds is 9. The molecule has 0 aliphatic carbocycles. The molecule has 0 radical (unpaired) electrons. The van der Waals surface area contributed by atoms with E-state index in [1.165, 1.54) is 0 Å². The number of hydrogen-bond acceptors (Lipinski definition) is 5. The Hall–Kier alpha value is -1.62. The number of ether oxygens (including phenoxy) is 2. The first-order valence-electron chi connectivity index (χ1n) is 7.18. The zero-order chi connectivity index (χ0) is 16.4. The Labute approximate surface area is 127 Å². The van der Waals surface area contributed by atoms with Crippen LogP contribution in [-0.2, 0) is 19.1 Å². The van der Waals surface area contributed by atoms with E-state index in [9.17, 15) is 9.59 Å². The molecular formula is C16H27NO4. The Balaban J connectivity index is 4.84. The summed E-state index contributed by atoms with van der Waals surface area (Å²) in [6, 6.07) is 0. The molecule has 0 unspecified atom stereocenters. The number of nitrogens with zero attached hydrogens (tertiary/aromatic N) is 1. The molecule has 0 aromatic heterocycles. The molecule has 0 heterocycles. The van der Waals surface area contributed by atoms with Gasteiger partial charge in [0.1, 0.15) is 12.4 Å². The lowest BCUT2D eigenvalue weighted by Gasteiger charge is -2.13. The number of carbonyl (C=O) groups excluding carboxylic acids is 2. The topological polar surface area (TPSA) is 55.8 Å². The minimum atomic E-state index is -0.512. The van der Waals surface area contributed by atoms with Crippen LogP contribution in [0.4, 0.5) is 0 Å². The summed E-state index contributed by atoms with van der Waals surface area (Å²) in [5, 5.41) is 0. The standard InChI is InChI=1S/C16H27NO4/c1-7-8-9-14(21-15(18)12(2)3)13(4)16(19)20-11-10-17(5)6/h2,7-11H2,1,3-6H3/b14-13-. The Kier molecular flexibility index (Phi) is 9.37. The van der Waals surface area contributed by atoms with Crippen LogP contribution in [0.1, 0.15) is 40.0 Å². The Bertz CT molecular complexity index is 411. The maximum absolute atomic E-state index is 12.0. The van der Waals surface area contributed by atoms with E-state index in [1.807, 2.05) is 25.9 Å². The Morgan fingerprint density at radius 2 is 1.76 bits per heavy atom. The van der Waals surface area contributed by atoms with E-state index >= 15 is 0 Å². The summed E-state index contributed by atoms with van der Waals surface area (Å²) in [5.74, 6) is -0.585. The highest BCUT2D eigenvalue weighted by atomic mass is 16.5. The molecule has 5 heteroatoms. The highest BCUT2D eigenvalue weighted by molar-refractivity contribution is 5.91. The average Bonchev–Trinajstić information content (AvgIpc) is 2.41. The largest absolute Gasteiger partial charge is 0.461 e. The van der Waals surface area contributed by atoms with Crippen LogP contribution in [0.5, 0.6) is 0 Å². The summed E-state index contributed by atoms with van der Waals surface area (Å²) in [6.45, 7) is 9.72. The molecule has 0 saturated heterocycles. The van der Waals surface area contributed by atoms with Gasteiger partial charge in [0.15, 0.2) is 0 Å². The molecule has 0 rings (SSSR count). The molecular weight excluding hydrogens is 270 g/mol. The van der Waals surface area contributed by atoms with Crippen molar-refractivity contribution in [3.8, 4) is 0 Å². The first-order chi connectivity index (χ1) is 9.79. The number of likely N-dealkylation sites (N-methyl/N-ethyl adjacent to an activating group) is 1. The van der Waals surface area contributed by atoms with Gasteiger partial charge in [-0.05, 0) is 34.4 Å². The monoisotopic (exact) mass is 297 g/mol. The summed E-state index contributed by atoms with van der Waals surface area (Å²) in [5.41, 5.74) is 0.648. The van der Waals surface area contributed by atoms with E-state index in [2.05, 4.69) is 6.58 Å². The summed E-state index contributed by atoms with van der Waals surface area (Å²) >= 11 is 0. The van der Waals surface area contributed by atoms with E-state index in [0.29, 0.717) is 36.5 Å². The predicted octanol–water partition coefficient (Wildman–Crippen LogP) is 2.67. The molecule has 0 saturated carbocycles. The maximum atomic E-state index is 12.0. The first kappa shape index (κ1) is 19.4. The third kappa shape index (κ3) is 8.30. The quantitative estimate of drug-likeness (QED) is 0.372. The molecule has 0 atom stereocenters. The van der Waals surface area contributed by atoms with E-state index in [4.69, 9.17) is 9.47 Å². The van der Waals surface area contributed by atoms with Crippen LogP contribution in [0.15, 0.2) is 23.5 Å². The Morgan fingerprint density at radius 1 is 1.14 bits per heavy atom. The lowest BCUT2D eigenvalue weighted by Crippen LogP contribution is -2.21. The Morgan fingerprint density at radius 3 is 2.24 bits per heavy atom. The first-order valence-corrected chi connectivity index (χ1v) is 7.18. The SMILES string of the molecule is C=C(C)C(=O)O/C(CCCC)=C(/C)C(=O)OCCN(C)C. The molecule has 0 spiro atoms. The summed E-state index contributed by atoms with van der Waals surface area (Å²) < 4.78 is 10.4. The zero-order valence-electron chi connectivity index (χ0n) is 13.8. The van der Waals surface area contributed by atoms with Gasteiger partial charge in [-0.15, -0.1) is 0 Å². The third-order valence-corrected chi connectivity index (χ3v) is 2.82. The highest BCUT2D eigenvalue weighted by Crippen LogP contribution is 2.17. The minimum Gasteiger partial charge on any atom is -0.461 e. The molecule has 0 amide bonds. The molecule has 0 aliphatic rings. The van der Waals surface area contributed by atoms with Crippen LogP contribution >= 0.6 is 0 Å². The molecule has 0 fully saturated rings. The van der Waals surface area contributed by atoms with Crippen molar-refractivity contribution >= 4 is 11.9 Å². The number of unbranched alkanes of at least 4 members (excludes halogenated alkanes) is 1. The molecule has 0 bridgehead atoms. The molecule has 21 heavy (non-hydrogen) atoms. The van der Waals surface area contributed by atoms with Gasteiger partial charge >= 0.3 is 11.9 Å². The van der Waals surface area contributed by atoms with Gasteiger partial charge in [0.25, 0.3) is 0 Å². The van der Waals surface area contributed by atoms with Crippen molar-refractivity contribution in [3.05, 3.63) is 23.5 Å². The number of allylic oxidation sites excluding steroid dienone is 1. The van der Waals surface area contributed by atoms with Gasteiger partial charge in [-0.25, -0.2) is 9.59 Å². The summed E-state index contributed by atoms with van der Waals surface area (Å²) in [7, 11) is 3.80. The second-order valence-corrected chi connectivity index (χ2v) is 5.26. The van der Waals surface area contributed by atoms with Gasteiger partial charge in [-0.1, -0.05) is 19.9 Å². The minimum absolute atomic E-state index is 0.303. The van der Waals surface area contributed by atoms with E-state index in [1.54, 1.807) is 13.8 Å². The van der Waals surface area contributed by atoms with Crippen molar-refractivity contribution in [1.29, 1.82) is 0 Å². The second-order valence-electron chi connectivity index (χ2n) is 5.26. The molecule has 0 N–H and O–H groups in total. The second kappa shape index (κ2) is 10.2. The summed E-state index contributed by atoms with van der Waals surface area (Å²) in [6.07, 6.45) is 2.31. The number of esters is 2. The fourth-order valence-electron chi connectivity index (χ4n) is 1.39. The van der Waals surface area contributed by atoms with Crippen LogP contribution < -0.4 is 0 Å². The summed E-state index contributed by atoms with van der Waals surface area (Å²) in [4.78, 5) is 25.5. The van der Waals surface area contributed by atoms with Gasteiger partial charge in [0.05, 0.1) is 5.57 Å². The van der Waals surface area contributed by atoms with Crippen LogP contribution in [0.3, 0.4) is 0 Å². The molecule has 0 aromatic carbocycles. The van der Waals surface area contributed by atoms with Gasteiger partial charge in [0, 0.05) is 18.5 Å². The van der Waals surface area contributed by atoms with Crippen LogP contribution in [0.2, 0.25) is 0 Å². The predicted molar refractivity (Wildman–Crippen MR) is 82.6 cm³/mol. The van der Waals surface area contributed by atoms with E-state index < -0.39 is 11.9 Å². The fraction of sp³-hybridized carbons (Fsp3) is 0.625. The van der Waals surface area contributed by atoms with Gasteiger partial charge in [0.2, 0.25) is 0 Å². The smallest absolute Gasteiger partial charge is 0.338 e. The molecule has 0 aliphatic heterocycles. The lowest BCUT2D eigenvalue weighted by atomic mass is 10.1. The van der Waals surface area contributed by atoms with Gasteiger partial charge in [-0.2, -0.15) is 0 Å². The van der Waals surface area contributed by atoms with Gasteiger partial charge in [-0.3, -0.25) is 0 Å². The van der Waals surface area contributed by atoms with Crippen molar-refractivity contribution in [2.45, 2.75) is 40.0 Å². The highest BCUT2D eigenvalue weighted by Gasteiger charge is 2.17. The maximum Gasteiger partial charge on any atom is 0.338 e. The fourth-order valence-corrected chi connectivity index (χ4v) is 1.39. The van der Waals surface area contributed by atoms with Crippen molar-refractivity contribution < 1.29 is 19.1 Å². The average molecular weight is 297 g/mol. The normalized spacial score (nSPS) is 11.9. The lowest BCUT2D eigenvalue weighted by molar-refractivity contribution is -0.140. The van der Waals surface area contributed by atoms with Crippen LogP contribution in [0, 0.1) is 0 Å². The van der Waals surface area contributed by atoms with Crippen molar-refractivity contribution in [3.63, 3.8) is 0 Å². The van der Waals surface area contributed by atoms with Crippen molar-refractivity contribution in [2.24, 2.45) is 0 Å². The molecule has 5 nitrogen and oxygen atoms in total. The third-order valence-electron chi connectivity index (χ3n) is 2.82. The van der Waals surface area contributed by atoms with Crippen molar-refractivity contribution in [2.75, 3.05) is 27.2 Å². The van der Waals surface area contributed by atoms with E-state index in [0.717, 1.165) is 12.8 Å². The number of hydrogen-bond donors (Lipinski definition) is 0. The van der Waals surface area contributed by atoms with Crippen molar-refractivity contribution in [1.82, 2.24) is 4.90 Å².